The van der Waals surface area contributed by atoms with Crippen molar-refractivity contribution in [2.75, 3.05) is 25.9 Å². The third kappa shape index (κ3) is 7.70. The molecule has 146 valence electrons. The molecule has 3 N–H and O–H groups in total. The van der Waals surface area contributed by atoms with Crippen LogP contribution in [-0.2, 0) is 19.6 Å². The van der Waals surface area contributed by atoms with Crippen molar-refractivity contribution in [3.63, 3.8) is 0 Å². The molecule has 2 atom stereocenters. The predicted octanol–water partition coefficient (Wildman–Crippen LogP) is 0.722. The molecule has 1 unspecified atom stereocenters. The molecule has 0 radical (unpaired) electrons. The fraction of sp³-hybridized carbons (Fsp3) is 0.875. The van der Waals surface area contributed by atoms with Crippen molar-refractivity contribution in [2.24, 2.45) is 17.8 Å². The monoisotopic (exact) mass is 377 g/mol. The summed E-state index contributed by atoms with van der Waals surface area (Å²) in [5, 5.41) is 9.08. The van der Waals surface area contributed by atoms with Gasteiger partial charge in [-0.15, -0.1) is 0 Å². The zero-order valence-electron chi connectivity index (χ0n) is 15.3. The van der Waals surface area contributed by atoms with E-state index in [0.29, 0.717) is 19.5 Å². The number of rotatable bonds is 9. The molecule has 1 fully saturated rings. The first kappa shape index (κ1) is 21.9. The molecule has 2 amide bonds. The topological polar surface area (TPSA) is 116 Å². The summed E-state index contributed by atoms with van der Waals surface area (Å²) < 4.78 is 24.8. The van der Waals surface area contributed by atoms with Gasteiger partial charge in [0.05, 0.1) is 18.1 Å². The van der Waals surface area contributed by atoms with Gasteiger partial charge in [-0.25, -0.2) is 18.6 Å². The van der Waals surface area contributed by atoms with Crippen LogP contribution in [0, 0.1) is 17.8 Å². The Hall–Kier alpha value is -1.19. The lowest BCUT2D eigenvalue weighted by atomic mass is 9.81. The first-order valence-electron chi connectivity index (χ1n) is 8.83. The van der Waals surface area contributed by atoms with Crippen LogP contribution in [0.2, 0.25) is 0 Å². The summed E-state index contributed by atoms with van der Waals surface area (Å²) in [6.45, 7) is 5.35. The number of hydroxylamine groups is 1. The van der Waals surface area contributed by atoms with Gasteiger partial charge in [-0.3, -0.25) is 14.8 Å². The quantitative estimate of drug-likeness (QED) is 0.404. The highest BCUT2D eigenvalue weighted by Gasteiger charge is 2.36. The molecule has 1 aliphatic heterocycles. The third-order valence-corrected chi connectivity index (χ3v) is 5.19. The van der Waals surface area contributed by atoms with E-state index < -0.39 is 27.8 Å². The molecule has 0 aromatic heterocycles. The Morgan fingerprint density at radius 3 is 2.20 bits per heavy atom. The standard InChI is InChI=1S/C16H31N3O5S/c1-12(2)11-14(16(21)19-9-5-4-6-10-19)13(15(20)18-22)7-8-17-25(3,23)24/h12-14,17,22H,4-11H2,1-3H3,(H,18,20)/t13-,14?/m0/s1. The van der Waals surface area contributed by atoms with Gasteiger partial charge in [0.15, 0.2) is 0 Å². The minimum absolute atomic E-state index is 0.0405. The Balaban J connectivity index is 2.93. The number of hydrogen-bond acceptors (Lipinski definition) is 5. The first-order valence-corrected chi connectivity index (χ1v) is 10.7. The molecule has 1 heterocycles. The number of hydrogen-bond donors (Lipinski definition) is 3. The molecule has 0 aromatic carbocycles. The highest BCUT2D eigenvalue weighted by atomic mass is 32.2. The number of carbonyl (C=O) groups is 2. The van der Waals surface area contributed by atoms with Gasteiger partial charge >= 0.3 is 0 Å². The maximum Gasteiger partial charge on any atom is 0.247 e. The molecule has 8 nitrogen and oxygen atoms in total. The molecular weight excluding hydrogens is 346 g/mol. The van der Waals surface area contributed by atoms with Gasteiger partial charge in [-0.05, 0) is 38.0 Å². The van der Waals surface area contributed by atoms with E-state index in [2.05, 4.69) is 4.72 Å². The van der Waals surface area contributed by atoms with E-state index in [-0.39, 0.29) is 24.8 Å². The highest BCUT2D eigenvalue weighted by molar-refractivity contribution is 7.88. The molecular formula is C16H31N3O5S. The minimum atomic E-state index is -3.38. The van der Waals surface area contributed by atoms with E-state index in [0.717, 1.165) is 25.5 Å². The van der Waals surface area contributed by atoms with E-state index >= 15 is 0 Å². The average Bonchev–Trinajstić information content (AvgIpc) is 2.55. The van der Waals surface area contributed by atoms with Crippen molar-refractivity contribution in [1.29, 1.82) is 0 Å². The normalized spacial score (nSPS) is 18.0. The van der Waals surface area contributed by atoms with Crippen LogP contribution in [0.3, 0.4) is 0 Å². The van der Waals surface area contributed by atoms with E-state index in [1.807, 2.05) is 13.8 Å². The number of piperidine rings is 1. The van der Waals surface area contributed by atoms with E-state index in [1.54, 1.807) is 10.4 Å². The molecule has 1 saturated heterocycles. The molecule has 1 aliphatic rings. The van der Waals surface area contributed by atoms with Crippen LogP contribution in [-0.4, -0.2) is 56.2 Å². The molecule has 0 aliphatic carbocycles. The van der Waals surface area contributed by atoms with Crippen LogP contribution < -0.4 is 10.2 Å². The molecule has 0 spiro atoms. The summed E-state index contributed by atoms with van der Waals surface area (Å²) >= 11 is 0. The van der Waals surface area contributed by atoms with Crippen molar-refractivity contribution < 1.29 is 23.2 Å². The summed E-state index contributed by atoms with van der Waals surface area (Å²) in [6, 6.07) is 0. The number of amides is 2. The number of sulfonamides is 1. The Kier molecular flexibility index (Phi) is 8.81. The van der Waals surface area contributed by atoms with Crippen LogP contribution in [0.1, 0.15) is 46.0 Å². The lowest BCUT2D eigenvalue weighted by Crippen LogP contribution is -2.46. The van der Waals surface area contributed by atoms with Gasteiger partial charge in [0.25, 0.3) is 0 Å². The smallest absolute Gasteiger partial charge is 0.247 e. The van der Waals surface area contributed by atoms with Crippen molar-refractivity contribution >= 4 is 21.8 Å². The summed E-state index contributed by atoms with van der Waals surface area (Å²) in [4.78, 5) is 26.9. The van der Waals surface area contributed by atoms with Gasteiger partial charge in [0.2, 0.25) is 21.8 Å². The zero-order valence-corrected chi connectivity index (χ0v) is 16.1. The van der Waals surface area contributed by atoms with Crippen LogP contribution in [0.5, 0.6) is 0 Å². The zero-order chi connectivity index (χ0) is 19.0. The highest BCUT2D eigenvalue weighted by Crippen LogP contribution is 2.27. The molecule has 25 heavy (non-hydrogen) atoms. The lowest BCUT2D eigenvalue weighted by molar-refractivity contribution is -0.146. The fourth-order valence-corrected chi connectivity index (χ4v) is 3.78. The Morgan fingerprint density at radius 2 is 1.72 bits per heavy atom. The van der Waals surface area contributed by atoms with Crippen molar-refractivity contribution in [3.8, 4) is 0 Å². The fourth-order valence-electron chi connectivity index (χ4n) is 3.29. The van der Waals surface area contributed by atoms with Crippen molar-refractivity contribution in [2.45, 2.75) is 46.0 Å². The molecule has 1 rings (SSSR count). The Morgan fingerprint density at radius 1 is 1.12 bits per heavy atom. The minimum Gasteiger partial charge on any atom is -0.342 e. The van der Waals surface area contributed by atoms with Gasteiger partial charge in [-0.1, -0.05) is 13.8 Å². The van der Waals surface area contributed by atoms with E-state index in [4.69, 9.17) is 5.21 Å². The van der Waals surface area contributed by atoms with Crippen molar-refractivity contribution in [3.05, 3.63) is 0 Å². The summed E-state index contributed by atoms with van der Waals surface area (Å²) in [6.07, 6.45) is 4.69. The summed E-state index contributed by atoms with van der Waals surface area (Å²) in [5.41, 5.74) is 1.64. The molecule has 0 bridgehead atoms. The Bertz CT molecular complexity index is 544. The second-order valence-corrected chi connectivity index (χ2v) is 8.99. The van der Waals surface area contributed by atoms with E-state index in [1.165, 1.54) is 0 Å². The largest absolute Gasteiger partial charge is 0.342 e. The van der Waals surface area contributed by atoms with Crippen molar-refractivity contribution in [1.82, 2.24) is 15.1 Å². The lowest BCUT2D eigenvalue weighted by Gasteiger charge is -2.34. The second-order valence-electron chi connectivity index (χ2n) is 7.16. The molecule has 0 aromatic rings. The van der Waals surface area contributed by atoms with Gasteiger partial charge in [0.1, 0.15) is 0 Å². The van der Waals surface area contributed by atoms with Gasteiger partial charge in [-0.2, -0.15) is 0 Å². The van der Waals surface area contributed by atoms with Crippen LogP contribution in [0.25, 0.3) is 0 Å². The van der Waals surface area contributed by atoms with E-state index in [9.17, 15) is 18.0 Å². The first-order chi connectivity index (χ1) is 11.7. The maximum atomic E-state index is 13.0. The maximum absolute atomic E-state index is 13.0. The number of likely N-dealkylation sites (tertiary alicyclic amines) is 1. The number of carbonyl (C=O) groups excluding carboxylic acids is 2. The van der Waals surface area contributed by atoms with Crippen LogP contribution >= 0.6 is 0 Å². The third-order valence-electron chi connectivity index (χ3n) is 4.46. The van der Waals surface area contributed by atoms with Crippen LogP contribution in [0.15, 0.2) is 0 Å². The predicted molar refractivity (Wildman–Crippen MR) is 94.3 cm³/mol. The van der Waals surface area contributed by atoms with Gasteiger partial charge in [0, 0.05) is 19.6 Å². The number of nitrogens with one attached hydrogen (secondary N) is 2. The SMILES string of the molecule is CC(C)CC(C(=O)N1CCCCC1)[C@H](CCNS(C)(=O)=O)C(=O)NO. The molecule has 0 saturated carbocycles. The van der Waals surface area contributed by atoms with Crippen LogP contribution in [0.4, 0.5) is 0 Å². The number of nitrogens with zero attached hydrogens (tertiary/aromatic N) is 1. The summed E-state index contributed by atoms with van der Waals surface area (Å²) in [7, 11) is -3.38. The Labute approximate surface area is 150 Å². The second kappa shape index (κ2) is 10.1. The molecule has 9 heteroatoms. The van der Waals surface area contributed by atoms with Gasteiger partial charge < -0.3 is 4.90 Å². The summed E-state index contributed by atoms with van der Waals surface area (Å²) in [5.74, 6) is -1.90. The average molecular weight is 378 g/mol.